The smallest absolute Gasteiger partial charge is 0.284 e. The lowest BCUT2D eigenvalue weighted by molar-refractivity contribution is 0.0972. The Labute approximate surface area is 156 Å². The molecule has 0 aliphatic rings. The van der Waals surface area contributed by atoms with Gasteiger partial charge in [0, 0.05) is 19.5 Å². The standard InChI is InChI=1S/C14H19N5O2S.HI/c1-9-18-10(8-22-9)7-19(3)14(16-2)17-6-11-4-5-12(21-11)13(15)20;/h4-5,8H,6-7H2,1-3H3,(H2,15,20)(H,16,17);1H. The maximum Gasteiger partial charge on any atom is 0.284 e. The van der Waals surface area contributed by atoms with Gasteiger partial charge in [0.25, 0.3) is 5.91 Å². The summed E-state index contributed by atoms with van der Waals surface area (Å²) in [6, 6.07) is 3.27. The SMILES string of the molecule is CN=C(NCc1ccc(C(N)=O)o1)N(C)Cc1csc(C)n1.I. The number of nitrogens with zero attached hydrogens (tertiary/aromatic N) is 3. The minimum Gasteiger partial charge on any atom is -0.454 e. The summed E-state index contributed by atoms with van der Waals surface area (Å²) >= 11 is 1.62. The van der Waals surface area contributed by atoms with Crippen molar-refractivity contribution in [3.05, 3.63) is 39.7 Å². The van der Waals surface area contributed by atoms with E-state index in [1.807, 2.05) is 24.3 Å². The van der Waals surface area contributed by atoms with E-state index in [0.717, 1.165) is 10.7 Å². The summed E-state index contributed by atoms with van der Waals surface area (Å²) in [5, 5.41) is 6.25. The Morgan fingerprint density at radius 3 is 2.78 bits per heavy atom. The molecule has 2 aromatic heterocycles. The number of amides is 1. The minimum atomic E-state index is -0.577. The predicted molar refractivity (Wildman–Crippen MR) is 101 cm³/mol. The summed E-state index contributed by atoms with van der Waals surface area (Å²) < 4.78 is 5.32. The number of nitrogens with two attached hydrogens (primary N) is 1. The molecule has 0 atom stereocenters. The van der Waals surface area contributed by atoms with Crippen molar-refractivity contribution in [3.8, 4) is 0 Å². The molecule has 0 saturated heterocycles. The Hall–Kier alpha value is -1.62. The van der Waals surface area contributed by atoms with E-state index in [4.69, 9.17) is 10.2 Å². The fraction of sp³-hybridized carbons (Fsp3) is 0.357. The number of aromatic nitrogens is 1. The third-order valence-corrected chi connectivity index (χ3v) is 3.79. The molecular formula is C14H20IN5O2S. The molecule has 9 heteroatoms. The van der Waals surface area contributed by atoms with Crippen LogP contribution in [0, 0.1) is 6.92 Å². The molecule has 0 radical (unpaired) electrons. The van der Waals surface area contributed by atoms with Gasteiger partial charge in [-0.25, -0.2) is 4.98 Å². The Balaban J connectivity index is 0.00000264. The molecule has 7 nitrogen and oxygen atoms in total. The molecule has 0 aromatic carbocycles. The first-order chi connectivity index (χ1) is 10.5. The van der Waals surface area contributed by atoms with Gasteiger partial charge >= 0.3 is 0 Å². The number of halogens is 1. The number of carbonyl (C=O) groups excluding carboxylic acids is 1. The van der Waals surface area contributed by atoms with Gasteiger partial charge in [-0.2, -0.15) is 0 Å². The number of primary amides is 1. The monoisotopic (exact) mass is 449 g/mol. The van der Waals surface area contributed by atoms with E-state index in [1.54, 1.807) is 30.5 Å². The fourth-order valence-electron chi connectivity index (χ4n) is 1.95. The molecule has 0 saturated carbocycles. The summed E-state index contributed by atoms with van der Waals surface area (Å²) in [5.41, 5.74) is 6.16. The summed E-state index contributed by atoms with van der Waals surface area (Å²) in [4.78, 5) is 21.6. The number of nitrogens with one attached hydrogen (secondary N) is 1. The van der Waals surface area contributed by atoms with Crippen LogP contribution in [0.15, 0.2) is 26.9 Å². The second kappa shape index (κ2) is 8.87. The number of carbonyl (C=O) groups is 1. The number of aliphatic imine (C=N–C) groups is 1. The highest BCUT2D eigenvalue weighted by molar-refractivity contribution is 14.0. The second-order valence-electron chi connectivity index (χ2n) is 4.74. The molecule has 23 heavy (non-hydrogen) atoms. The summed E-state index contributed by atoms with van der Waals surface area (Å²) in [7, 11) is 3.64. The number of thiazole rings is 1. The molecular weight excluding hydrogens is 429 g/mol. The lowest BCUT2D eigenvalue weighted by Crippen LogP contribution is -2.38. The van der Waals surface area contributed by atoms with Crippen molar-refractivity contribution in [2.75, 3.05) is 14.1 Å². The topological polar surface area (TPSA) is 96.7 Å². The van der Waals surface area contributed by atoms with Crippen molar-refractivity contribution >= 4 is 47.2 Å². The Bertz CT molecular complexity index is 682. The van der Waals surface area contributed by atoms with Crippen LogP contribution in [0.1, 0.15) is 27.0 Å². The molecule has 2 heterocycles. The van der Waals surface area contributed by atoms with Crippen LogP contribution < -0.4 is 11.1 Å². The van der Waals surface area contributed by atoms with Crippen LogP contribution in [0.25, 0.3) is 0 Å². The number of guanidine groups is 1. The highest BCUT2D eigenvalue weighted by atomic mass is 127. The highest BCUT2D eigenvalue weighted by Gasteiger charge is 2.11. The molecule has 0 aliphatic heterocycles. The lowest BCUT2D eigenvalue weighted by atomic mass is 10.4. The molecule has 0 bridgehead atoms. The molecule has 2 aromatic rings. The zero-order chi connectivity index (χ0) is 16.1. The van der Waals surface area contributed by atoms with Gasteiger partial charge < -0.3 is 20.4 Å². The zero-order valence-electron chi connectivity index (χ0n) is 13.2. The van der Waals surface area contributed by atoms with Crippen molar-refractivity contribution < 1.29 is 9.21 Å². The van der Waals surface area contributed by atoms with Crippen molar-refractivity contribution in [2.45, 2.75) is 20.0 Å². The van der Waals surface area contributed by atoms with Crippen molar-refractivity contribution in [2.24, 2.45) is 10.7 Å². The van der Waals surface area contributed by atoms with Crippen molar-refractivity contribution in [1.82, 2.24) is 15.2 Å². The van der Waals surface area contributed by atoms with Crippen LogP contribution in [0.4, 0.5) is 0 Å². The second-order valence-corrected chi connectivity index (χ2v) is 5.81. The number of furan rings is 1. The van der Waals surface area contributed by atoms with E-state index in [9.17, 15) is 4.79 Å². The molecule has 1 amide bonds. The number of hydrogen-bond acceptors (Lipinski definition) is 5. The fourth-order valence-corrected chi connectivity index (χ4v) is 2.56. The van der Waals surface area contributed by atoms with Gasteiger partial charge in [-0.15, -0.1) is 35.3 Å². The van der Waals surface area contributed by atoms with Gasteiger partial charge in [-0.3, -0.25) is 9.79 Å². The number of hydrogen-bond donors (Lipinski definition) is 2. The maximum atomic E-state index is 11.0. The van der Waals surface area contributed by atoms with Crippen LogP contribution in [-0.2, 0) is 13.1 Å². The lowest BCUT2D eigenvalue weighted by Gasteiger charge is -2.20. The van der Waals surface area contributed by atoms with Gasteiger partial charge in [0.15, 0.2) is 11.7 Å². The Morgan fingerprint density at radius 1 is 1.52 bits per heavy atom. The van der Waals surface area contributed by atoms with E-state index in [0.29, 0.717) is 24.8 Å². The summed E-state index contributed by atoms with van der Waals surface area (Å²) in [5.74, 6) is 0.903. The van der Waals surface area contributed by atoms with Gasteiger partial charge in [0.05, 0.1) is 23.8 Å². The maximum absolute atomic E-state index is 11.0. The molecule has 0 fully saturated rings. The van der Waals surface area contributed by atoms with Crippen molar-refractivity contribution in [3.63, 3.8) is 0 Å². The molecule has 3 N–H and O–H groups in total. The van der Waals surface area contributed by atoms with Crippen LogP contribution >= 0.6 is 35.3 Å². The molecule has 126 valence electrons. The van der Waals surface area contributed by atoms with E-state index < -0.39 is 5.91 Å². The Kier molecular flexibility index (Phi) is 7.49. The average molecular weight is 449 g/mol. The van der Waals surface area contributed by atoms with Gasteiger partial charge in [-0.1, -0.05) is 0 Å². The number of rotatable bonds is 5. The summed E-state index contributed by atoms with van der Waals surface area (Å²) in [6.07, 6.45) is 0. The summed E-state index contributed by atoms with van der Waals surface area (Å²) in [6.45, 7) is 3.06. The third kappa shape index (κ3) is 5.50. The van der Waals surface area contributed by atoms with Crippen LogP contribution in [0.5, 0.6) is 0 Å². The van der Waals surface area contributed by atoms with Gasteiger partial charge in [-0.05, 0) is 19.1 Å². The first kappa shape index (κ1) is 19.4. The molecule has 0 spiro atoms. The normalized spacial score (nSPS) is 11.0. The van der Waals surface area contributed by atoms with Gasteiger partial charge in [0.1, 0.15) is 5.76 Å². The molecule has 0 aliphatic carbocycles. The first-order valence-electron chi connectivity index (χ1n) is 6.71. The van der Waals surface area contributed by atoms with E-state index in [2.05, 4.69) is 15.3 Å². The van der Waals surface area contributed by atoms with E-state index in [1.165, 1.54) is 0 Å². The minimum absolute atomic E-state index is 0. The molecule has 0 unspecified atom stereocenters. The Morgan fingerprint density at radius 2 is 2.26 bits per heavy atom. The first-order valence-corrected chi connectivity index (χ1v) is 7.59. The van der Waals surface area contributed by atoms with E-state index >= 15 is 0 Å². The third-order valence-electron chi connectivity index (χ3n) is 2.96. The largest absolute Gasteiger partial charge is 0.454 e. The quantitative estimate of drug-likeness (QED) is 0.414. The highest BCUT2D eigenvalue weighted by Crippen LogP contribution is 2.10. The number of aryl methyl sites for hydroxylation is 1. The van der Waals surface area contributed by atoms with E-state index in [-0.39, 0.29) is 29.7 Å². The zero-order valence-corrected chi connectivity index (χ0v) is 16.3. The van der Waals surface area contributed by atoms with Crippen LogP contribution in [0.3, 0.4) is 0 Å². The molecule has 2 rings (SSSR count). The van der Waals surface area contributed by atoms with Crippen molar-refractivity contribution in [1.29, 1.82) is 0 Å². The average Bonchev–Trinajstić information content (AvgIpc) is 3.09. The predicted octanol–water partition coefficient (Wildman–Crippen LogP) is 1.97. The van der Waals surface area contributed by atoms with Crippen LogP contribution in [0.2, 0.25) is 0 Å². The van der Waals surface area contributed by atoms with Gasteiger partial charge in [0.2, 0.25) is 0 Å². The van der Waals surface area contributed by atoms with Crippen LogP contribution in [-0.4, -0.2) is 35.8 Å².